The molecule has 0 saturated carbocycles. The van der Waals surface area contributed by atoms with E-state index in [1.165, 1.54) is 12.1 Å². The molecule has 0 atom stereocenters. The quantitative estimate of drug-likeness (QED) is 0.150. The average Bonchev–Trinajstić information content (AvgIpc) is 3.70. The smallest absolute Gasteiger partial charge is 0.309 e. The summed E-state index contributed by atoms with van der Waals surface area (Å²) in [5.41, 5.74) is 11.2. The Morgan fingerprint density at radius 2 is 0.776 bits per heavy atom. The third-order valence-electron chi connectivity index (χ3n) is 12.2. The summed E-state index contributed by atoms with van der Waals surface area (Å²) in [5.74, 6) is 0. The first-order valence-corrected chi connectivity index (χ1v) is 21.2. The molecular formula is C59H32F3N5. The van der Waals surface area contributed by atoms with Gasteiger partial charge in [0.15, 0.2) is 5.69 Å². The lowest BCUT2D eigenvalue weighted by Crippen LogP contribution is -2.10. The summed E-state index contributed by atoms with van der Waals surface area (Å²) in [4.78, 5) is 3.80. The summed E-state index contributed by atoms with van der Waals surface area (Å²) >= 11 is 0. The lowest BCUT2D eigenvalue weighted by atomic mass is 9.90. The molecule has 10 rings (SSSR count). The molecule has 314 valence electrons. The number of benzene rings is 9. The Labute approximate surface area is 384 Å². The molecule has 5 nitrogen and oxygen atoms in total. The van der Waals surface area contributed by atoms with Crippen molar-refractivity contribution in [1.82, 2.24) is 4.57 Å². The van der Waals surface area contributed by atoms with Gasteiger partial charge in [0.2, 0.25) is 0 Å². The summed E-state index contributed by atoms with van der Waals surface area (Å²) in [6, 6.07) is 65.1. The highest BCUT2D eigenvalue weighted by Gasteiger charge is 2.34. The van der Waals surface area contributed by atoms with E-state index in [4.69, 9.17) is 6.57 Å². The number of rotatable bonds is 7. The fraction of sp³-hybridized carbons (Fsp3) is 0.0169. The topological polar surface area (TPSA) is 80.7 Å². The second-order valence-electron chi connectivity index (χ2n) is 16.0. The minimum Gasteiger partial charge on any atom is -0.309 e. The van der Waals surface area contributed by atoms with Crippen LogP contribution in [0.25, 0.3) is 99.1 Å². The molecule has 8 heteroatoms. The summed E-state index contributed by atoms with van der Waals surface area (Å²) in [6.07, 6.45) is -4.64. The molecule has 0 aliphatic heterocycles. The molecule has 9 aromatic carbocycles. The van der Waals surface area contributed by atoms with Crippen molar-refractivity contribution in [2.24, 2.45) is 0 Å². The van der Waals surface area contributed by atoms with Gasteiger partial charge >= 0.3 is 6.18 Å². The lowest BCUT2D eigenvalue weighted by molar-refractivity contribution is -0.137. The van der Waals surface area contributed by atoms with Crippen LogP contribution in [0.2, 0.25) is 0 Å². The summed E-state index contributed by atoms with van der Waals surface area (Å²) < 4.78 is 46.2. The first kappa shape index (κ1) is 41.5. The van der Waals surface area contributed by atoms with E-state index in [9.17, 15) is 29.0 Å². The normalized spacial score (nSPS) is 11.1. The minimum absolute atomic E-state index is 0.0193. The number of alkyl halides is 3. The van der Waals surface area contributed by atoms with Crippen LogP contribution in [0.1, 0.15) is 22.3 Å². The van der Waals surface area contributed by atoms with Gasteiger partial charge in [0, 0.05) is 10.8 Å². The largest absolute Gasteiger partial charge is 0.418 e. The summed E-state index contributed by atoms with van der Waals surface area (Å²) in [5, 5.41) is 31.8. The molecule has 1 heterocycles. The van der Waals surface area contributed by atoms with E-state index in [0.717, 1.165) is 61.7 Å². The predicted octanol–water partition coefficient (Wildman–Crippen LogP) is 16.0. The van der Waals surface area contributed by atoms with Crippen LogP contribution in [0, 0.1) is 40.6 Å². The molecule has 0 N–H and O–H groups in total. The summed E-state index contributed by atoms with van der Waals surface area (Å²) in [6.45, 7) is 7.94. The van der Waals surface area contributed by atoms with Crippen LogP contribution in [-0.4, -0.2) is 4.57 Å². The van der Waals surface area contributed by atoms with E-state index in [-0.39, 0.29) is 5.69 Å². The van der Waals surface area contributed by atoms with Crippen LogP contribution in [0.4, 0.5) is 18.9 Å². The van der Waals surface area contributed by atoms with Gasteiger partial charge in [-0.3, -0.25) is 0 Å². The maximum Gasteiger partial charge on any atom is 0.418 e. The van der Waals surface area contributed by atoms with Crippen molar-refractivity contribution in [3.05, 3.63) is 228 Å². The van der Waals surface area contributed by atoms with Crippen molar-refractivity contribution in [3.63, 3.8) is 0 Å². The van der Waals surface area contributed by atoms with Crippen LogP contribution in [0.15, 0.2) is 194 Å². The number of fused-ring (bicyclic) bond motifs is 3. The highest BCUT2D eigenvalue weighted by atomic mass is 19.4. The molecule has 0 aliphatic rings. The van der Waals surface area contributed by atoms with Crippen LogP contribution < -0.4 is 0 Å². The fourth-order valence-corrected chi connectivity index (χ4v) is 9.07. The number of hydrogen-bond donors (Lipinski definition) is 0. The second kappa shape index (κ2) is 16.9. The molecule has 0 aliphatic carbocycles. The van der Waals surface area contributed by atoms with Gasteiger partial charge in [-0.1, -0.05) is 103 Å². The van der Waals surface area contributed by atoms with Crippen LogP contribution in [0.5, 0.6) is 0 Å². The van der Waals surface area contributed by atoms with Crippen molar-refractivity contribution >= 4 is 27.5 Å². The zero-order valence-electron chi connectivity index (χ0n) is 35.3. The first-order valence-electron chi connectivity index (χ1n) is 21.2. The van der Waals surface area contributed by atoms with Crippen molar-refractivity contribution in [2.45, 2.75) is 6.18 Å². The van der Waals surface area contributed by atoms with Gasteiger partial charge in [0.25, 0.3) is 0 Å². The van der Waals surface area contributed by atoms with Crippen molar-refractivity contribution in [3.8, 4) is 90.7 Å². The number of aromatic nitrogens is 1. The minimum atomic E-state index is -4.64. The molecule has 10 aromatic rings. The van der Waals surface area contributed by atoms with Gasteiger partial charge < -0.3 is 4.57 Å². The predicted molar refractivity (Wildman–Crippen MR) is 259 cm³/mol. The fourth-order valence-electron chi connectivity index (χ4n) is 9.07. The zero-order chi connectivity index (χ0) is 46.2. The first-order chi connectivity index (χ1) is 32.7. The highest BCUT2D eigenvalue weighted by Crippen LogP contribution is 2.44. The number of hydrogen-bond acceptors (Lipinski definition) is 3. The third-order valence-corrected chi connectivity index (χ3v) is 12.2. The highest BCUT2D eigenvalue weighted by molar-refractivity contribution is 6.12. The van der Waals surface area contributed by atoms with E-state index >= 15 is 0 Å². The van der Waals surface area contributed by atoms with E-state index in [2.05, 4.69) is 23.1 Å². The summed E-state index contributed by atoms with van der Waals surface area (Å²) in [7, 11) is 0. The average molecular weight is 868 g/mol. The maximum atomic E-state index is 14.8. The maximum absolute atomic E-state index is 14.8. The molecule has 0 spiro atoms. The molecule has 0 unspecified atom stereocenters. The van der Waals surface area contributed by atoms with Crippen molar-refractivity contribution in [1.29, 1.82) is 15.8 Å². The van der Waals surface area contributed by atoms with Crippen LogP contribution in [-0.2, 0) is 6.18 Å². The molecule has 67 heavy (non-hydrogen) atoms. The Balaban J connectivity index is 1.25. The van der Waals surface area contributed by atoms with Gasteiger partial charge in [0.1, 0.15) is 0 Å². The van der Waals surface area contributed by atoms with Crippen molar-refractivity contribution in [2.75, 3.05) is 0 Å². The molecule has 1 aromatic heterocycles. The Bertz CT molecular complexity index is 3440. The Kier molecular flexibility index (Phi) is 10.5. The Morgan fingerprint density at radius 1 is 0.403 bits per heavy atom. The SMILES string of the molecule is [C-]#[N+]c1ccccc1-c1cc(-c2ccc3c(c2)c2cc(-c4cc(-c5ccccc5C#N)cc(-c5ccccc5C#N)c4)ccc2n3-c2ccccc2C(F)(F)F)cc(-c2ccccc2C#N)c1. The number of nitriles is 3. The molecule has 0 radical (unpaired) electrons. The molecule has 0 bridgehead atoms. The van der Waals surface area contributed by atoms with Crippen molar-refractivity contribution < 1.29 is 13.2 Å². The van der Waals surface area contributed by atoms with Gasteiger partial charge in [-0.15, -0.1) is 0 Å². The zero-order valence-corrected chi connectivity index (χ0v) is 35.3. The lowest BCUT2D eigenvalue weighted by Gasteiger charge is -2.16. The van der Waals surface area contributed by atoms with Gasteiger partial charge in [-0.05, 0) is 158 Å². The van der Waals surface area contributed by atoms with E-state index < -0.39 is 11.7 Å². The molecular weight excluding hydrogens is 836 g/mol. The monoisotopic (exact) mass is 867 g/mol. The number of halogens is 3. The molecule has 0 saturated heterocycles. The van der Waals surface area contributed by atoms with Crippen LogP contribution >= 0.6 is 0 Å². The van der Waals surface area contributed by atoms with Gasteiger partial charge in [0.05, 0.1) is 63.8 Å². The molecule has 0 fully saturated rings. The van der Waals surface area contributed by atoms with Crippen LogP contribution in [0.3, 0.4) is 0 Å². The Hall–Kier alpha value is -9.47. The number of nitrogens with zero attached hydrogens (tertiary/aromatic N) is 5. The standard InChI is InChI=1S/C59H32F3N5/c1-66-55-20-10-8-18-51(55)47-29-43(28-46(31-47)50-17-7-4-14-41(50)36-65)38-23-25-57-53(33-38)52-32-37(22-24-56(52)67(57)58-21-11-9-19-54(58)59(60,61)62)42-26-44(48-15-5-2-12-39(48)34-63)30-45(27-42)49-16-6-3-13-40(49)35-64/h2-33H. The second-order valence-corrected chi connectivity index (χ2v) is 16.0. The number of para-hydroxylation sites is 2. The Morgan fingerprint density at radius 3 is 1.21 bits per heavy atom. The third kappa shape index (κ3) is 7.52. The van der Waals surface area contributed by atoms with E-state index in [1.807, 2.05) is 133 Å². The van der Waals surface area contributed by atoms with Gasteiger partial charge in [-0.2, -0.15) is 29.0 Å². The van der Waals surface area contributed by atoms with E-state index in [0.29, 0.717) is 55.3 Å². The van der Waals surface area contributed by atoms with Gasteiger partial charge in [-0.25, -0.2) is 4.85 Å². The molecule has 0 amide bonds. The van der Waals surface area contributed by atoms with E-state index in [1.54, 1.807) is 47.0 Å².